The van der Waals surface area contributed by atoms with Crippen LogP contribution < -0.4 is 5.32 Å². The van der Waals surface area contributed by atoms with Gasteiger partial charge in [-0.3, -0.25) is 9.78 Å². The number of aromatic nitrogens is 1. The number of carbonyl (C=O) groups is 1. The van der Waals surface area contributed by atoms with Crippen molar-refractivity contribution in [1.29, 1.82) is 0 Å². The SMILES string of the molecule is O=C(NC1CCCCC1)c1cccnc1. The van der Waals surface area contributed by atoms with E-state index in [-0.39, 0.29) is 5.91 Å². The van der Waals surface area contributed by atoms with Crippen molar-refractivity contribution in [3.8, 4) is 0 Å². The van der Waals surface area contributed by atoms with Gasteiger partial charge in [0.25, 0.3) is 5.91 Å². The van der Waals surface area contributed by atoms with E-state index in [0.29, 0.717) is 11.6 Å². The number of hydrogen-bond donors (Lipinski definition) is 1. The van der Waals surface area contributed by atoms with Crippen LogP contribution in [0.5, 0.6) is 0 Å². The van der Waals surface area contributed by atoms with Gasteiger partial charge < -0.3 is 5.32 Å². The second-order valence-corrected chi connectivity index (χ2v) is 4.05. The summed E-state index contributed by atoms with van der Waals surface area (Å²) >= 11 is 0. The van der Waals surface area contributed by atoms with Crippen molar-refractivity contribution in [2.45, 2.75) is 38.1 Å². The Hall–Kier alpha value is -1.38. The summed E-state index contributed by atoms with van der Waals surface area (Å²) in [5.74, 6) is 0.00926. The average Bonchev–Trinajstić information content (AvgIpc) is 2.31. The Morgan fingerprint density at radius 1 is 1.33 bits per heavy atom. The lowest BCUT2D eigenvalue weighted by atomic mass is 9.95. The van der Waals surface area contributed by atoms with E-state index in [2.05, 4.69) is 10.3 Å². The van der Waals surface area contributed by atoms with Crippen LogP contribution >= 0.6 is 0 Å². The smallest absolute Gasteiger partial charge is 0.253 e. The molecule has 0 aliphatic heterocycles. The number of amides is 1. The molecule has 0 aromatic carbocycles. The van der Waals surface area contributed by atoms with Crippen LogP contribution in [-0.2, 0) is 0 Å². The summed E-state index contributed by atoms with van der Waals surface area (Å²) in [6.07, 6.45) is 9.29. The van der Waals surface area contributed by atoms with E-state index in [1.54, 1.807) is 24.5 Å². The third-order valence-corrected chi connectivity index (χ3v) is 2.86. The van der Waals surface area contributed by atoms with Gasteiger partial charge in [0.1, 0.15) is 0 Å². The highest BCUT2D eigenvalue weighted by molar-refractivity contribution is 5.93. The zero-order valence-corrected chi connectivity index (χ0v) is 8.78. The van der Waals surface area contributed by atoms with Crippen LogP contribution in [0.1, 0.15) is 42.5 Å². The molecule has 0 atom stereocenters. The number of nitrogens with one attached hydrogen (secondary N) is 1. The van der Waals surface area contributed by atoms with Gasteiger partial charge in [-0.25, -0.2) is 0 Å². The van der Waals surface area contributed by atoms with Gasteiger partial charge in [0.15, 0.2) is 0 Å². The summed E-state index contributed by atoms with van der Waals surface area (Å²) < 4.78 is 0. The van der Waals surface area contributed by atoms with Gasteiger partial charge in [-0.15, -0.1) is 0 Å². The van der Waals surface area contributed by atoms with Crippen LogP contribution in [0.3, 0.4) is 0 Å². The van der Waals surface area contributed by atoms with Crippen molar-refractivity contribution in [2.75, 3.05) is 0 Å². The molecule has 1 aliphatic rings. The largest absolute Gasteiger partial charge is 0.349 e. The zero-order chi connectivity index (χ0) is 10.5. The van der Waals surface area contributed by atoms with Crippen LogP contribution in [-0.4, -0.2) is 16.9 Å². The average molecular weight is 204 g/mol. The molecule has 3 heteroatoms. The minimum Gasteiger partial charge on any atom is -0.349 e. The molecule has 3 nitrogen and oxygen atoms in total. The van der Waals surface area contributed by atoms with Crippen molar-refractivity contribution in [3.63, 3.8) is 0 Å². The summed E-state index contributed by atoms with van der Waals surface area (Å²) in [6.45, 7) is 0. The number of rotatable bonds is 2. The minimum absolute atomic E-state index is 0.00926. The predicted molar refractivity (Wildman–Crippen MR) is 58.6 cm³/mol. The normalized spacial score (nSPS) is 17.3. The van der Waals surface area contributed by atoms with E-state index in [1.165, 1.54) is 19.3 Å². The maximum absolute atomic E-state index is 11.8. The van der Waals surface area contributed by atoms with E-state index in [9.17, 15) is 4.79 Å². The molecule has 0 saturated heterocycles. The van der Waals surface area contributed by atoms with Crippen molar-refractivity contribution in [2.24, 2.45) is 0 Å². The summed E-state index contributed by atoms with van der Waals surface area (Å²) in [6, 6.07) is 3.95. The fraction of sp³-hybridized carbons (Fsp3) is 0.500. The second kappa shape index (κ2) is 4.91. The molecule has 1 aromatic rings. The van der Waals surface area contributed by atoms with Gasteiger partial charge in [-0.2, -0.15) is 0 Å². The van der Waals surface area contributed by atoms with Crippen molar-refractivity contribution in [3.05, 3.63) is 30.1 Å². The Kier molecular flexibility index (Phi) is 3.33. The maximum Gasteiger partial charge on any atom is 0.253 e. The molecule has 1 fully saturated rings. The third-order valence-electron chi connectivity index (χ3n) is 2.86. The lowest BCUT2D eigenvalue weighted by molar-refractivity contribution is 0.0927. The van der Waals surface area contributed by atoms with Gasteiger partial charge >= 0.3 is 0 Å². The lowest BCUT2D eigenvalue weighted by Crippen LogP contribution is -2.36. The van der Waals surface area contributed by atoms with Gasteiger partial charge in [-0.05, 0) is 25.0 Å². The molecule has 1 amide bonds. The molecular weight excluding hydrogens is 188 g/mol. The molecule has 2 rings (SSSR count). The Labute approximate surface area is 89.9 Å². The Morgan fingerprint density at radius 3 is 2.80 bits per heavy atom. The molecular formula is C12H16N2O. The molecule has 1 heterocycles. The zero-order valence-electron chi connectivity index (χ0n) is 8.78. The van der Waals surface area contributed by atoms with Crippen LogP contribution in [0.15, 0.2) is 24.5 Å². The molecule has 1 saturated carbocycles. The Bertz CT molecular complexity index is 318. The third kappa shape index (κ3) is 2.78. The predicted octanol–water partition coefficient (Wildman–Crippen LogP) is 2.14. The first kappa shape index (κ1) is 10.1. The van der Waals surface area contributed by atoms with Gasteiger partial charge in [0.2, 0.25) is 0 Å². The number of carbonyl (C=O) groups excluding carboxylic acids is 1. The maximum atomic E-state index is 11.8. The standard InChI is InChI=1S/C12H16N2O/c15-12(10-5-4-8-13-9-10)14-11-6-2-1-3-7-11/h4-5,8-9,11H,1-3,6-7H2,(H,14,15). The van der Waals surface area contributed by atoms with E-state index in [4.69, 9.17) is 0 Å². The quantitative estimate of drug-likeness (QED) is 0.802. The molecule has 1 aromatic heterocycles. The van der Waals surface area contributed by atoms with Crippen molar-refractivity contribution in [1.82, 2.24) is 10.3 Å². The van der Waals surface area contributed by atoms with Crippen LogP contribution in [0, 0.1) is 0 Å². The summed E-state index contributed by atoms with van der Waals surface area (Å²) in [5.41, 5.74) is 0.656. The number of hydrogen-bond acceptors (Lipinski definition) is 2. The van der Waals surface area contributed by atoms with E-state index in [1.807, 2.05) is 0 Å². The van der Waals surface area contributed by atoms with Crippen LogP contribution in [0.2, 0.25) is 0 Å². The highest BCUT2D eigenvalue weighted by Crippen LogP contribution is 2.17. The molecule has 80 valence electrons. The van der Waals surface area contributed by atoms with E-state index < -0.39 is 0 Å². The van der Waals surface area contributed by atoms with Crippen molar-refractivity contribution < 1.29 is 4.79 Å². The first-order valence-electron chi connectivity index (χ1n) is 5.57. The first-order valence-corrected chi connectivity index (χ1v) is 5.57. The molecule has 1 N–H and O–H groups in total. The van der Waals surface area contributed by atoms with Gasteiger partial charge in [0, 0.05) is 18.4 Å². The topological polar surface area (TPSA) is 42.0 Å². The summed E-state index contributed by atoms with van der Waals surface area (Å²) in [4.78, 5) is 15.7. The lowest BCUT2D eigenvalue weighted by Gasteiger charge is -2.22. The van der Waals surface area contributed by atoms with E-state index >= 15 is 0 Å². The van der Waals surface area contributed by atoms with Gasteiger partial charge in [0.05, 0.1) is 5.56 Å². The highest BCUT2D eigenvalue weighted by Gasteiger charge is 2.16. The summed E-state index contributed by atoms with van der Waals surface area (Å²) in [5, 5.41) is 3.06. The first-order chi connectivity index (χ1) is 7.36. The fourth-order valence-corrected chi connectivity index (χ4v) is 2.01. The monoisotopic (exact) mass is 204 g/mol. The number of pyridine rings is 1. The second-order valence-electron chi connectivity index (χ2n) is 4.05. The highest BCUT2D eigenvalue weighted by atomic mass is 16.1. The fourth-order valence-electron chi connectivity index (χ4n) is 2.01. The molecule has 1 aliphatic carbocycles. The number of nitrogens with zero attached hydrogens (tertiary/aromatic N) is 1. The van der Waals surface area contributed by atoms with Crippen LogP contribution in [0.25, 0.3) is 0 Å². The minimum atomic E-state index is 0.00926. The molecule has 0 unspecified atom stereocenters. The Balaban J connectivity index is 1.91. The molecule has 0 radical (unpaired) electrons. The molecule has 0 bridgehead atoms. The summed E-state index contributed by atoms with van der Waals surface area (Å²) in [7, 11) is 0. The molecule has 0 spiro atoms. The van der Waals surface area contributed by atoms with Crippen molar-refractivity contribution >= 4 is 5.91 Å². The Morgan fingerprint density at radius 2 is 2.13 bits per heavy atom. The molecule has 15 heavy (non-hydrogen) atoms. The van der Waals surface area contributed by atoms with E-state index in [0.717, 1.165) is 12.8 Å². The van der Waals surface area contributed by atoms with Crippen LogP contribution in [0.4, 0.5) is 0 Å². The van der Waals surface area contributed by atoms with Gasteiger partial charge in [-0.1, -0.05) is 19.3 Å².